The lowest BCUT2D eigenvalue weighted by Gasteiger charge is -2.22. The molecule has 1 saturated heterocycles. The van der Waals surface area contributed by atoms with E-state index in [1.54, 1.807) is 0 Å². The fourth-order valence-electron chi connectivity index (χ4n) is 2.56. The summed E-state index contributed by atoms with van der Waals surface area (Å²) in [4.78, 5) is 0. The summed E-state index contributed by atoms with van der Waals surface area (Å²) in [5.74, 6) is 0. The molecule has 1 aliphatic heterocycles. The van der Waals surface area contributed by atoms with Gasteiger partial charge >= 0.3 is 0 Å². The van der Waals surface area contributed by atoms with Crippen LogP contribution in [-0.4, -0.2) is 19.5 Å². The van der Waals surface area contributed by atoms with Gasteiger partial charge in [-0.05, 0) is 44.1 Å². The van der Waals surface area contributed by atoms with E-state index < -0.39 is 0 Å². The summed E-state index contributed by atoms with van der Waals surface area (Å²) in [5, 5.41) is 0. The maximum Gasteiger partial charge on any atom is 0.157 e. The molecule has 0 amide bonds. The van der Waals surface area contributed by atoms with Gasteiger partial charge in [0, 0.05) is 13.2 Å². The second kappa shape index (κ2) is 10.6. The molecule has 0 aliphatic carbocycles. The molecule has 1 aromatic rings. The zero-order valence-corrected chi connectivity index (χ0v) is 13.0. The van der Waals surface area contributed by atoms with Crippen molar-refractivity contribution in [3.05, 3.63) is 42.0 Å². The summed E-state index contributed by atoms with van der Waals surface area (Å²) >= 11 is 0. The highest BCUT2D eigenvalue weighted by Crippen LogP contribution is 2.14. The van der Waals surface area contributed by atoms with Gasteiger partial charge in [0.05, 0.1) is 0 Å². The fraction of sp³-hybridized carbons (Fsp3) is 0.579. The molecule has 0 radical (unpaired) electrons. The summed E-state index contributed by atoms with van der Waals surface area (Å²) < 4.78 is 11.3. The number of ether oxygens (including phenoxy) is 2. The first-order valence-electron chi connectivity index (χ1n) is 8.40. The Balaban J connectivity index is 1.41. The standard InChI is InChI=1S/C19H28O2/c1(3-6-12-18-13-7-5-8-14-18)2-4-10-16-20-19-15-9-11-17-21-19/h5-8,12-14,19H,1-4,9-11,15-17H2/b12-6-. The topological polar surface area (TPSA) is 18.5 Å². The van der Waals surface area contributed by atoms with Crippen LogP contribution in [0.25, 0.3) is 6.08 Å². The van der Waals surface area contributed by atoms with Crippen LogP contribution >= 0.6 is 0 Å². The molecule has 1 aliphatic rings. The second-order valence-corrected chi connectivity index (χ2v) is 5.68. The molecule has 1 heterocycles. The molecule has 2 heteroatoms. The van der Waals surface area contributed by atoms with Gasteiger partial charge < -0.3 is 9.47 Å². The van der Waals surface area contributed by atoms with Crippen molar-refractivity contribution in [1.29, 1.82) is 0 Å². The monoisotopic (exact) mass is 288 g/mol. The van der Waals surface area contributed by atoms with Crippen molar-refractivity contribution in [3.8, 4) is 0 Å². The van der Waals surface area contributed by atoms with E-state index >= 15 is 0 Å². The Morgan fingerprint density at radius 2 is 1.90 bits per heavy atom. The first-order valence-corrected chi connectivity index (χ1v) is 8.40. The molecule has 2 nitrogen and oxygen atoms in total. The lowest BCUT2D eigenvalue weighted by atomic mass is 10.1. The van der Waals surface area contributed by atoms with Gasteiger partial charge in [-0.15, -0.1) is 0 Å². The average Bonchev–Trinajstić information content (AvgIpc) is 2.55. The van der Waals surface area contributed by atoms with Gasteiger partial charge in [-0.3, -0.25) is 0 Å². The Kier molecular flexibility index (Phi) is 8.19. The molecule has 0 saturated carbocycles. The van der Waals surface area contributed by atoms with E-state index in [2.05, 4.69) is 42.5 Å². The van der Waals surface area contributed by atoms with Gasteiger partial charge in [0.25, 0.3) is 0 Å². The van der Waals surface area contributed by atoms with E-state index in [4.69, 9.17) is 9.47 Å². The fourth-order valence-corrected chi connectivity index (χ4v) is 2.56. The highest BCUT2D eigenvalue weighted by molar-refractivity contribution is 5.48. The summed E-state index contributed by atoms with van der Waals surface area (Å²) in [6.45, 7) is 1.73. The minimum atomic E-state index is 0.0764. The van der Waals surface area contributed by atoms with Crippen molar-refractivity contribution in [2.75, 3.05) is 13.2 Å². The van der Waals surface area contributed by atoms with Gasteiger partial charge in [0.2, 0.25) is 0 Å². The number of unbranched alkanes of at least 4 members (excludes halogenated alkanes) is 4. The zero-order chi connectivity index (χ0) is 14.6. The van der Waals surface area contributed by atoms with E-state index in [0.717, 1.165) is 26.1 Å². The van der Waals surface area contributed by atoms with Crippen molar-refractivity contribution in [1.82, 2.24) is 0 Å². The highest BCUT2D eigenvalue weighted by Gasteiger charge is 2.13. The third-order valence-electron chi connectivity index (χ3n) is 3.82. The van der Waals surface area contributed by atoms with E-state index in [9.17, 15) is 0 Å². The second-order valence-electron chi connectivity index (χ2n) is 5.68. The maximum absolute atomic E-state index is 5.73. The van der Waals surface area contributed by atoms with E-state index in [1.807, 2.05) is 0 Å². The largest absolute Gasteiger partial charge is 0.353 e. The molecule has 0 bridgehead atoms. The van der Waals surface area contributed by atoms with Crippen LogP contribution in [0, 0.1) is 0 Å². The van der Waals surface area contributed by atoms with E-state index in [-0.39, 0.29) is 6.29 Å². The normalized spacial score (nSPS) is 19.1. The molecule has 21 heavy (non-hydrogen) atoms. The van der Waals surface area contributed by atoms with Crippen molar-refractivity contribution in [3.63, 3.8) is 0 Å². The predicted molar refractivity (Wildman–Crippen MR) is 88.1 cm³/mol. The van der Waals surface area contributed by atoms with Gasteiger partial charge in [0.1, 0.15) is 0 Å². The Labute approximate surface area is 129 Å². The number of hydrogen-bond donors (Lipinski definition) is 0. The third-order valence-corrected chi connectivity index (χ3v) is 3.82. The van der Waals surface area contributed by atoms with Gasteiger partial charge in [-0.2, -0.15) is 0 Å². The quantitative estimate of drug-likeness (QED) is 0.582. The summed E-state index contributed by atoms with van der Waals surface area (Å²) in [6, 6.07) is 10.5. The number of hydrogen-bond acceptors (Lipinski definition) is 2. The van der Waals surface area contributed by atoms with Crippen LogP contribution in [0.15, 0.2) is 36.4 Å². The maximum atomic E-state index is 5.73. The Morgan fingerprint density at radius 3 is 2.71 bits per heavy atom. The Morgan fingerprint density at radius 1 is 1.05 bits per heavy atom. The molecule has 1 atom stereocenters. The van der Waals surface area contributed by atoms with Crippen LogP contribution in [0.5, 0.6) is 0 Å². The molecule has 2 rings (SSSR count). The van der Waals surface area contributed by atoms with Gasteiger partial charge in [-0.1, -0.05) is 55.3 Å². The Bertz CT molecular complexity index is 380. The smallest absolute Gasteiger partial charge is 0.157 e. The molecule has 1 unspecified atom stereocenters. The highest BCUT2D eigenvalue weighted by atomic mass is 16.7. The predicted octanol–water partition coefficient (Wildman–Crippen LogP) is 5.19. The van der Waals surface area contributed by atoms with Crippen LogP contribution in [-0.2, 0) is 9.47 Å². The van der Waals surface area contributed by atoms with E-state index in [1.165, 1.54) is 44.1 Å². The van der Waals surface area contributed by atoms with Gasteiger partial charge in [0.15, 0.2) is 6.29 Å². The lowest BCUT2D eigenvalue weighted by Crippen LogP contribution is -2.22. The number of rotatable bonds is 9. The van der Waals surface area contributed by atoms with Crippen LogP contribution in [0.4, 0.5) is 0 Å². The third kappa shape index (κ3) is 7.45. The molecule has 116 valence electrons. The van der Waals surface area contributed by atoms with Crippen molar-refractivity contribution in [2.24, 2.45) is 0 Å². The Hall–Kier alpha value is -1.12. The zero-order valence-electron chi connectivity index (χ0n) is 13.0. The van der Waals surface area contributed by atoms with Crippen molar-refractivity contribution >= 4 is 6.08 Å². The van der Waals surface area contributed by atoms with E-state index in [0.29, 0.717) is 0 Å². The van der Waals surface area contributed by atoms with Crippen molar-refractivity contribution in [2.45, 2.75) is 57.7 Å². The van der Waals surface area contributed by atoms with Crippen molar-refractivity contribution < 1.29 is 9.47 Å². The molecule has 0 N–H and O–H groups in total. The summed E-state index contributed by atoms with van der Waals surface area (Å²) in [7, 11) is 0. The molecule has 1 fully saturated rings. The summed E-state index contributed by atoms with van der Waals surface area (Å²) in [6.07, 6.45) is 14.2. The molecule has 0 aromatic heterocycles. The average molecular weight is 288 g/mol. The summed E-state index contributed by atoms with van der Waals surface area (Å²) in [5.41, 5.74) is 1.29. The van der Waals surface area contributed by atoms with Gasteiger partial charge in [-0.25, -0.2) is 0 Å². The SMILES string of the molecule is C(=C/c1ccccc1)/CCCCCCOC1CCCCO1. The first kappa shape index (κ1) is 16.3. The molecular weight excluding hydrogens is 260 g/mol. The van der Waals surface area contributed by atoms with Crippen LogP contribution in [0.1, 0.15) is 56.9 Å². The lowest BCUT2D eigenvalue weighted by molar-refractivity contribution is -0.162. The first-order chi connectivity index (χ1) is 10.4. The van der Waals surface area contributed by atoms with Crippen LogP contribution in [0.3, 0.4) is 0 Å². The number of benzene rings is 1. The van der Waals surface area contributed by atoms with Crippen LogP contribution < -0.4 is 0 Å². The molecule has 1 aromatic carbocycles. The molecule has 0 spiro atoms. The minimum absolute atomic E-state index is 0.0764. The number of allylic oxidation sites excluding steroid dienone is 1. The molecular formula is C19H28O2. The minimum Gasteiger partial charge on any atom is -0.353 e. The van der Waals surface area contributed by atoms with Crippen LogP contribution in [0.2, 0.25) is 0 Å².